The average molecular weight is 369 g/mol. The number of amides is 2. The van der Waals surface area contributed by atoms with E-state index in [2.05, 4.69) is 5.32 Å². The number of nitrogens with zero attached hydrogens (tertiary/aromatic N) is 1. The van der Waals surface area contributed by atoms with Crippen molar-refractivity contribution in [2.24, 2.45) is 0 Å². The van der Waals surface area contributed by atoms with Crippen LogP contribution in [0.1, 0.15) is 54.1 Å². The molecule has 1 heterocycles. The van der Waals surface area contributed by atoms with Gasteiger partial charge in [-0.25, -0.2) is 0 Å². The minimum Gasteiger partial charge on any atom is -0.351 e. The molecule has 2 aliphatic rings. The fourth-order valence-corrected chi connectivity index (χ4v) is 4.10. The Kier molecular flexibility index (Phi) is 4.68. The van der Waals surface area contributed by atoms with Gasteiger partial charge < -0.3 is 5.32 Å². The van der Waals surface area contributed by atoms with Crippen molar-refractivity contribution in [3.63, 3.8) is 0 Å². The van der Waals surface area contributed by atoms with E-state index >= 15 is 0 Å². The van der Waals surface area contributed by atoms with E-state index in [9.17, 15) is 9.59 Å². The fraction of sp³-hybridized carbons (Fsp3) is 0.333. The maximum Gasteiger partial charge on any atom is 0.259 e. The minimum absolute atomic E-state index is 0.106. The lowest BCUT2D eigenvalue weighted by atomic mass is 9.95. The third-order valence-electron chi connectivity index (χ3n) is 5.27. The van der Waals surface area contributed by atoms with Crippen LogP contribution in [0, 0.1) is 0 Å². The SMILES string of the molecule is O=C(NC1CCCCC1)[C@@H]1c2ccccc2C(=O)N1c1ccc(Cl)cc1. The van der Waals surface area contributed by atoms with E-state index in [1.54, 1.807) is 35.2 Å². The third-order valence-corrected chi connectivity index (χ3v) is 5.52. The van der Waals surface area contributed by atoms with Crippen LogP contribution in [0.3, 0.4) is 0 Å². The number of anilines is 1. The Morgan fingerprint density at radius 2 is 1.69 bits per heavy atom. The van der Waals surface area contributed by atoms with Crippen molar-refractivity contribution in [2.75, 3.05) is 4.90 Å². The van der Waals surface area contributed by atoms with Crippen molar-refractivity contribution in [2.45, 2.75) is 44.2 Å². The van der Waals surface area contributed by atoms with Crippen LogP contribution in [0.2, 0.25) is 5.02 Å². The van der Waals surface area contributed by atoms with Crippen molar-refractivity contribution < 1.29 is 9.59 Å². The largest absolute Gasteiger partial charge is 0.351 e. The van der Waals surface area contributed by atoms with E-state index in [1.807, 2.05) is 18.2 Å². The molecule has 0 bridgehead atoms. The number of halogens is 1. The Morgan fingerprint density at radius 3 is 2.42 bits per heavy atom. The van der Waals surface area contributed by atoms with Crippen molar-refractivity contribution in [3.05, 3.63) is 64.7 Å². The van der Waals surface area contributed by atoms with E-state index in [0.29, 0.717) is 16.3 Å². The summed E-state index contributed by atoms with van der Waals surface area (Å²) in [6, 6.07) is 14.0. The predicted molar refractivity (Wildman–Crippen MR) is 102 cm³/mol. The van der Waals surface area contributed by atoms with Crippen molar-refractivity contribution in [1.82, 2.24) is 5.32 Å². The molecule has 1 saturated carbocycles. The van der Waals surface area contributed by atoms with Gasteiger partial charge in [0.25, 0.3) is 5.91 Å². The first-order valence-electron chi connectivity index (χ1n) is 9.13. The second kappa shape index (κ2) is 7.12. The lowest BCUT2D eigenvalue weighted by Crippen LogP contribution is -2.44. The molecule has 2 aromatic carbocycles. The molecule has 4 nitrogen and oxygen atoms in total. The summed E-state index contributed by atoms with van der Waals surface area (Å²) >= 11 is 5.99. The first-order chi connectivity index (χ1) is 12.6. The Labute approximate surface area is 158 Å². The second-order valence-electron chi connectivity index (χ2n) is 6.98. The lowest BCUT2D eigenvalue weighted by molar-refractivity contribution is -0.123. The Balaban J connectivity index is 1.68. The molecule has 0 radical (unpaired) electrons. The standard InChI is InChI=1S/C21H21ClN2O2/c22-14-10-12-16(13-11-14)24-19(17-8-4-5-9-18(17)21(24)26)20(25)23-15-6-2-1-3-7-15/h4-5,8-13,15,19H,1-3,6-7H2,(H,23,25)/t19-/m0/s1. The van der Waals surface area contributed by atoms with Crippen molar-refractivity contribution in [1.29, 1.82) is 0 Å². The highest BCUT2D eigenvalue weighted by Crippen LogP contribution is 2.38. The molecule has 0 aromatic heterocycles. The highest BCUT2D eigenvalue weighted by molar-refractivity contribution is 6.30. The van der Waals surface area contributed by atoms with Gasteiger partial charge in [0.1, 0.15) is 6.04 Å². The van der Waals surface area contributed by atoms with Crippen LogP contribution in [-0.2, 0) is 4.79 Å². The van der Waals surface area contributed by atoms with E-state index in [-0.39, 0.29) is 17.9 Å². The number of nitrogens with one attached hydrogen (secondary N) is 1. The quantitative estimate of drug-likeness (QED) is 0.867. The summed E-state index contributed by atoms with van der Waals surface area (Å²) in [6.45, 7) is 0. The second-order valence-corrected chi connectivity index (χ2v) is 7.42. The molecule has 1 atom stereocenters. The third kappa shape index (κ3) is 3.10. The van der Waals surface area contributed by atoms with Crippen LogP contribution in [0.4, 0.5) is 5.69 Å². The van der Waals surface area contributed by atoms with Crippen LogP contribution >= 0.6 is 11.6 Å². The van der Waals surface area contributed by atoms with E-state index in [1.165, 1.54) is 6.42 Å². The van der Waals surface area contributed by atoms with Crippen molar-refractivity contribution in [3.8, 4) is 0 Å². The summed E-state index contributed by atoms with van der Waals surface area (Å²) in [5.41, 5.74) is 2.03. The number of rotatable bonds is 3. The Hall–Kier alpha value is -2.33. The number of hydrogen-bond donors (Lipinski definition) is 1. The number of benzene rings is 2. The first-order valence-corrected chi connectivity index (χ1v) is 9.51. The monoisotopic (exact) mass is 368 g/mol. The molecule has 1 aliphatic carbocycles. The molecule has 0 saturated heterocycles. The van der Waals surface area contributed by atoms with Gasteiger partial charge in [-0.15, -0.1) is 0 Å². The molecule has 26 heavy (non-hydrogen) atoms. The molecule has 2 amide bonds. The molecule has 1 fully saturated rings. The summed E-state index contributed by atoms with van der Waals surface area (Å²) in [4.78, 5) is 27.7. The lowest BCUT2D eigenvalue weighted by Gasteiger charge is -2.28. The molecule has 1 aliphatic heterocycles. The Bertz CT molecular complexity index is 828. The molecule has 134 valence electrons. The summed E-state index contributed by atoms with van der Waals surface area (Å²) in [5.74, 6) is -0.253. The molecule has 0 unspecified atom stereocenters. The maximum atomic E-state index is 13.1. The predicted octanol–water partition coefficient (Wildman–Crippen LogP) is 4.49. The summed E-state index contributed by atoms with van der Waals surface area (Å²) in [6.07, 6.45) is 5.54. The van der Waals surface area contributed by atoms with Crippen LogP contribution in [0.15, 0.2) is 48.5 Å². The molecule has 1 N–H and O–H groups in total. The zero-order chi connectivity index (χ0) is 18.1. The van der Waals surface area contributed by atoms with Crippen molar-refractivity contribution >= 4 is 29.1 Å². The Morgan fingerprint density at radius 1 is 1.00 bits per heavy atom. The van der Waals surface area contributed by atoms with Crippen LogP contribution in [0.25, 0.3) is 0 Å². The zero-order valence-electron chi connectivity index (χ0n) is 14.5. The van der Waals surface area contributed by atoms with Gasteiger partial charge in [-0.1, -0.05) is 49.1 Å². The molecule has 4 rings (SSSR count). The number of carbonyl (C=O) groups is 2. The number of fused-ring (bicyclic) bond motifs is 1. The van der Waals surface area contributed by atoms with Gasteiger partial charge >= 0.3 is 0 Å². The number of carbonyl (C=O) groups excluding carboxylic acids is 2. The van der Waals surface area contributed by atoms with Gasteiger partial charge in [-0.2, -0.15) is 0 Å². The summed E-state index contributed by atoms with van der Waals surface area (Å²) in [5, 5.41) is 3.77. The topological polar surface area (TPSA) is 49.4 Å². The molecular formula is C21H21ClN2O2. The summed E-state index contributed by atoms with van der Waals surface area (Å²) < 4.78 is 0. The van der Waals surface area contributed by atoms with Gasteiger partial charge in [0, 0.05) is 22.3 Å². The van der Waals surface area contributed by atoms with Gasteiger partial charge in [0.05, 0.1) is 0 Å². The van der Waals surface area contributed by atoms with E-state index < -0.39 is 6.04 Å². The zero-order valence-corrected chi connectivity index (χ0v) is 15.2. The highest BCUT2D eigenvalue weighted by Gasteiger charge is 2.42. The van der Waals surface area contributed by atoms with E-state index in [0.717, 1.165) is 31.2 Å². The van der Waals surface area contributed by atoms with Gasteiger partial charge in [0.2, 0.25) is 5.91 Å². The van der Waals surface area contributed by atoms with Crippen LogP contribution in [0.5, 0.6) is 0 Å². The maximum absolute atomic E-state index is 13.1. The smallest absolute Gasteiger partial charge is 0.259 e. The molecule has 5 heteroatoms. The number of hydrogen-bond acceptors (Lipinski definition) is 2. The molecule has 0 spiro atoms. The fourth-order valence-electron chi connectivity index (χ4n) is 3.97. The molecule has 2 aromatic rings. The normalized spacial score (nSPS) is 20.1. The van der Waals surface area contributed by atoms with Gasteiger partial charge in [-0.05, 0) is 48.7 Å². The highest BCUT2D eigenvalue weighted by atomic mass is 35.5. The van der Waals surface area contributed by atoms with Gasteiger partial charge in [0.15, 0.2) is 0 Å². The van der Waals surface area contributed by atoms with E-state index in [4.69, 9.17) is 11.6 Å². The minimum atomic E-state index is -0.637. The average Bonchev–Trinajstić information content (AvgIpc) is 2.96. The molecular weight excluding hydrogens is 348 g/mol. The summed E-state index contributed by atoms with van der Waals surface area (Å²) in [7, 11) is 0. The van der Waals surface area contributed by atoms with Crippen LogP contribution in [-0.4, -0.2) is 17.9 Å². The van der Waals surface area contributed by atoms with Crippen LogP contribution < -0.4 is 10.2 Å². The first kappa shape index (κ1) is 17.1. The van der Waals surface area contributed by atoms with Gasteiger partial charge in [-0.3, -0.25) is 14.5 Å².